The molecule has 1 N–H and O–H groups in total. The molecule has 6 nitrogen and oxygen atoms in total. The number of aliphatic hydroxyl groups is 1. The van der Waals surface area contributed by atoms with Crippen molar-refractivity contribution in [1.29, 1.82) is 0 Å². The summed E-state index contributed by atoms with van der Waals surface area (Å²) in [6.07, 6.45) is 8.87. The van der Waals surface area contributed by atoms with Crippen LogP contribution in [0.3, 0.4) is 0 Å². The smallest absolute Gasteiger partial charge is 0.147 e. The van der Waals surface area contributed by atoms with E-state index in [1.807, 2.05) is 6.20 Å². The molecule has 1 aliphatic rings. The van der Waals surface area contributed by atoms with Crippen LogP contribution >= 0.6 is 11.3 Å². The second-order valence-electron chi connectivity index (χ2n) is 6.03. The van der Waals surface area contributed by atoms with Gasteiger partial charge in [0.1, 0.15) is 10.8 Å². The second-order valence-corrected chi connectivity index (χ2v) is 7.18. The van der Waals surface area contributed by atoms with Gasteiger partial charge in [-0.1, -0.05) is 0 Å². The predicted octanol–water partition coefficient (Wildman–Crippen LogP) is 2.09. The topological polar surface area (TPSA) is 65.4 Å². The summed E-state index contributed by atoms with van der Waals surface area (Å²) in [7, 11) is 2.16. The van der Waals surface area contributed by atoms with Gasteiger partial charge >= 0.3 is 0 Å². The van der Waals surface area contributed by atoms with Crippen LogP contribution in [0.2, 0.25) is 0 Å². The van der Waals surface area contributed by atoms with Gasteiger partial charge in [0.2, 0.25) is 0 Å². The van der Waals surface area contributed by atoms with Crippen LogP contribution in [0.5, 0.6) is 0 Å². The number of rotatable bonds is 5. The van der Waals surface area contributed by atoms with E-state index in [0.29, 0.717) is 6.04 Å². The molecule has 124 valence electrons. The van der Waals surface area contributed by atoms with E-state index in [4.69, 9.17) is 0 Å². The lowest BCUT2D eigenvalue weighted by atomic mass is 10.0. The van der Waals surface area contributed by atoms with Crippen LogP contribution in [-0.2, 0) is 6.54 Å². The Morgan fingerprint density at radius 1 is 1.30 bits per heavy atom. The van der Waals surface area contributed by atoms with Crippen molar-refractivity contribution in [3.63, 3.8) is 0 Å². The molecule has 0 aromatic carbocycles. The van der Waals surface area contributed by atoms with Gasteiger partial charge in [0, 0.05) is 37.7 Å². The SMILES string of the molecule is CC(O)c1cnc(CN(C)C2CCN(c3cnccn3)CC2)s1. The van der Waals surface area contributed by atoms with Crippen molar-refractivity contribution < 1.29 is 5.11 Å². The van der Waals surface area contributed by atoms with Crippen LogP contribution in [0.1, 0.15) is 35.8 Å². The molecule has 1 fully saturated rings. The molecular weight excluding hydrogens is 310 g/mol. The molecular formula is C16H23N5OS. The van der Waals surface area contributed by atoms with Gasteiger partial charge in [0.05, 0.1) is 23.7 Å². The van der Waals surface area contributed by atoms with Crippen molar-refractivity contribution >= 4 is 17.2 Å². The summed E-state index contributed by atoms with van der Waals surface area (Å²) in [5.74, 6) is 0.968. The Hall–Kier alpha value is -1.57. The average molecular weight is 333 g/mol. The van der Waals surface area contributed by atoms with E-state index in [2.05, 4.69) is 31.8 Å². The third kappa shape index (κ3) is 4.04. The number of hydrogen-bond acceptors (Lipinski definition) is 7. The van der Waals surface area contributed by atoms with Crippen LogP contribution in [0.15, 0.2) is 24.8 Å². The first-order chi connectivity index (χ1) is 11.1. The number of hydrogen-bond donors (Lipinski definition) is 1. The maximum atomic E-state index is 9.60. The summed E-state index contributed by atoms with van der Waals surface area (Å²) in [4.78, 5) is 18.6. The first kappa shape index (κ1) is 16.3. The lowest BCUT2D eigenvalue weighted by Crippen LogP contribution is -2.43. The molecule has 3 heterocycles. The Morgan fingerprint density at radius 3 is 2.70 bits per heavy atom. The summed E-state index contributed by atoms with van der Waals surface area (Å²) >= 11 is 1.60. The minimum Gasteiger partial charge on any atom is -0.388 e. The largest absolute Gasteiger partial charge is 0.388 e. The Labute approximate surface area is 140 Å². The fourth-order valence-electron chi connectivity index (χ4n) is 2.92. The van der Waals surface area contributed by atoms with Gasteiger partial charge in [-0.15, -0.1) is 11.3 Å². The van der Waals surface area contributed by atoms with Crippen molar-refractivity contribution in [2.24, 2.45) is 0 Å². The van der Waals surface area contributed by atoms with Gasteiger partial charge in [-0.3, -0.25) is 9.88 Å². The van der Waals surface area contributed by atoms with Gasteiger partial charge in [-0.05, 0) is 26.8 Å². The maximum absolute atomic E-state index is 9.60. The van der Waals surface area contributed by atoms with Gasteiger partial charge in [0.15, 0.2) is 0 Å². The molecule has 7 heteroatoms. The summed E-state index contributed by atoms with van der Waals surface area (Å²) in [6.45, 7) is 4.63. The minimum absolute atomic E-state index is 0.429. The van der Waals surface area contributed by atoms with Gasteiger partial charge < -0.3 is 10.0 Å². The molecule has 0 radical (unpaired) electrons. The van der Waals surface area contributed by atoms with E-state index in [9.17, 15) is 5.11 Å². The molecule has 3 rings (SSSR count). The molecule has 0 spiro atoms. The lowest BCUT2D eigenvalue weighted by molar-refractivity contribution is 0.200. The standard InChI is InChI=1S/C16H23N5OS/c1-12(22)14-9-19-16(23-14)11-20(2)13-3-7-21(8-4-13)15-10-17-5-6-18-15/h5-6,9-10,12-13,22H,3-4,7-8,11H2,1-2H3. The molecule has 0 bridgehead atoms. The highest BCUT2D eigenvalue weighted by molar-refractivity contribution is 7.11. The molecule has 1 saturated heterocycles. The van der Waals surface area contributed by atoms with Crippen LogP contribution < -0.4 is 4.90 Å². The van der Waals surface area contributed by atoms with Crippen LogP contribution in [0, 0.1) is 0 Å². The van der Waals surface area contributed by atoms with Crippen molar-refractivity contribution in [3.05, 3.63) is 34.7 Å². The zero-order valence-electron chi connectivity index (χ0n) is 13.6. The monoisotopic (exact) mass is 333 g/mol. The number of aliphatic hydroxyl groups excluding tert-OH is 1. The Balaban J connectivity index is 1.52. The van der Waals surface area contributed by atoms with Crippen LogP contribution in [0.25, 0.3) is 0 Å². The Morgan fingerprint density at radius 2 is 2.09 bits per heavy atom. The van der Waals surface area contributed by atoms with E-state index >= 15 is 0 Å². The van der Waals surface area contributed by atoms with Crippen molar-refractivity contribution in [2.75, 3.05) is 25.0 Å². The Kier molecular flexibility index (Phi) is 5.20. The van der Waals surface area contributed by atoms with Gasteiger partial charge in [-0.2, -0.15) is 0 Å². The predicted molar refractivity (Wildman–Crippen MR) is 91.5 cm³/mol. The molecule has 1 atom stereocenters. The normalized spacial score (nSPS) is 17.7. The summed E-state index contributed by atoms with van der Waals surface area (Å²) < 4.78 is 0. The highest BCUT2D eigenvalue weighted by Gasteiger charge is 2.24. The number of aromatic nitrogens is 3. The first-order valence-electron chi connectivity index (χ1n) is 7.97. The molecule has 1 aliphatic heterocycles. The zero-order chi connectivity index (χ0) is 16.2. The molecule has 23 heavy (non-hydrogen) atoms. The second kappa shape index (κ2) is 7.33. The van der Waals surface area contributed by atoms with E-state index in [1.54, 1.807) is 36.9 Å². The summed E-state index contributed by atoms with van der Waals surface area (Å²) in [6, 6.07) is 0.557. The zero-order valence-corrected chi connectivity index (χ0v) is 14.4. The fourth-order valence-corrected chi connectivity index (χ4v) is 3.84. The van der Waals surface area contributed by atoms with E-state index in [0.717, 1.165) is 48.2 Å². The fraction of sp³-hybridized carbons (Fsp3) is 0.562. The average Bonchev–Trinajstić information content (AvgIpc) is 3.04. The molecule has 1 unspecified atom stereocenters. The minimum atomic E-state index is -0.429. The number of thiazole rings is 1. The molecule has 0 saturated carbocycles. The highest BCUT2D eigenvalue weighted by atomic mass is 32.1. The molecule has 0 aliphatic carbocycles. The number of nitrogens with zero attached hydrogens (tertiary/aromatic N) is 5. The van der Waals surface area contributed by atoms with Crippen LogP contribution in [0.4, 0.5) is 5.82 Å². The molecule has 2 aromatic heterocycles. The highest BCUT2D eigenvalue weighted by Crippen LogP contribution is 2.24. The van der Waals surface area contributed by atoms with E-state index < -0.39 is 6.10 Å². The van der Waals surface area contributed by atoms with Crippen molar-refractivity contribution in [2.45, 2.75) is 38.5 Å². The third-order valence-corrected chi connectivity index (χ3v) is 5.48. The number of piperidine rings is 1. The molecule has 0 amide bonds. The van der Waals surface area contributed by atoms with E-state index in [-0.39, 0.29) is 0 Å². The summed E-state index contributed by atoms with van der Waals surface area (Å²) in [5, 5.41) is 10.7. The van der Waals surface area contributed by atoms with Gasteiger partial charge in [-0.25, -0.2) is 9.97 Å². The van der Waals surface area contributed by atoms with Gasteiger partial charge in [0.25, 0.3) is 0 Å². The quantitative estimate of drug-likeness (QED) is 0.904. The van der Waals surface area contributed by atoms with Crippen molar-refractivity contribution in [1.82, 2.24) is 19.9 Å². The Bertz CT molecular complexity index is 610. The lowest BCUT2D eigenvalue weighted by Gasteiger charge is -2.36. The van der Waals surface area contributed by atoms with E-state index in [1.165, 1.54) is 0 Å². The molecule has 2 aromatic rings. The number of anilines is 1. The van der Waals surface area contributed by atoms with Crippen LogP contribution in [-0.4, -0.2) is 51.1 Å². The van der Waals surface area contributed by atoms with Crippen molar-refractivity contribution in [3.8, 4) is 0 Å². The summed E-state index contributed by atoms with van der Waals surface area (Å²) in [5.41, 5.74) is 0. The first-order valence-corrected chi connectivity index (χ1v) is 8.79. The third-order valence-electron chi connectivity index (χ3n) is 4.33. The maximum Gasteiger partial charge on any atom is 0.147 e.